The van der Waals surface area contributed by atoms with Crippen molar-refractivity contribution in [2.45, 2.75) is 70.3 Å². The van der Waals surface area contributed by atoms with Gasteiger partial charge in [-0.25, -0.2) is 0 Å². The van der Waals surface area contributed by atoms with E-state index < -0.39 is 0 Å². The zero-order valence-corrected chi connectivity index (χ0v) is 20.7. The van der Waals surface area contributed by atoms with Gasteiger partial charge in [0.25, 0.3) is 0 Å². The van der Waals surface area contributed by atoms with Crippen LogP contribution < -0.4 is 4.90 Å². The van der Waals surface area contributed by atoms with Crippen LogP contribution in [0, 0.1) is 5.92 Å². The lowest BCUT2D eigenvalue weighted by Crippen LogP contribution is -2.44. The number of ketones is 1. The summed E-state index contributed by atoms with van der Waals surface area (Å²) in [5.74, 6) is 1.20. The van der Waals surface area contributed by atoms with Crippen molar-refractivity contribution in [1.82, 2.24) is 4.90 Å². The number of likely N-dealkylation sites (tertiary alicyclic amines) is 1. The van der Waals surface area contributed by atoms with Crippen LogP contribution in [-0.4, -0.2) is 42.3 Å². The fourth-order valence-electron chi connectivity index (χ4n) is 6.70. The van der Waals surface area contributed by atoms with E-state index in [0.29, 0.717) is 24.8 Å². The number of amides is 1. The highest BCUT2D eigenvalue weighted by Crippen LogP contribution is 2.38. The summed E-state index contributed by atoms with van der Waals surface area (Å²) in [6, 6.07) is 13.8. The third-order valence-corrected chi connectivity index (χ3v) is 8.64. The molecule has 1 atom stereocenters. The van der Waals surface area contributed by atoms with Crippen molar-refractivity contribution in [2.24, 2.45) is 5.92 Å². The van der Waals surface area contributed by atoms with Crippen LogP contribution >= 0.6 is 12.4 Å². The van der Waals surface area contributed by atoms with Crippen molar-refractivity contribution in [3.05, 3.63) is 64.2 Å². The topological polar surface area (TPSA) is 40.6 Å². The SMILES string of the molecule is Cl.O=C(CCC1CCN(C2CCc3ccccc3C2)CC1)c1cc2c3c(c1)CCN3C(=O)CC2. The number of carbonyl (C=O) groups is 2. The minimum absolute atomic E-state index is 0. The molecule has 0 N–H and O–H groups in total. The molecular formula is C29H35ClN2O2. The largest absolute Gasteiger partial charge is 0.312 e. The van der Waals surface area contributed by atoms with E-state index in [9.17, 15) is 9.59 Å². The molecule has 0 radical (unpaired) electrons. The van der Waals surface area contributed by atoms with Gasteiger partial charge in [-0.3, -0.25) is 9.59 Å². The van der Waals surface area contributed by atoms with Gasteiger partial charge in [0.15, 0.2) is 5.78 Å². The molecule has 0 bridgehead atoms. The molecule has 1 unspecified atom stereocenters. The van der Waals surface area contributed by atoms with Gasteiger partial charge >= 0.3 is 0 Å². The van der Waals surface area contributed by atoms with Crippen molar-refractivity contribution < 1.29 is 9.59 Å². The minimum Gasteiger partial charge on any atom is -0.312 e. The summed E-state index contributed by atoms with van der Waals surface area (Å²) in [7, 11) is 0. The van der Waals surface area contributed by atoms with Crippen LogP contribution in [0.4, 0.5) is 5.69 Å². The normalized spacial score (nSPS) is 22.2. The summed E-state index contributed by atoms with van der Waals surface area (Å²) in [6.45, 7) is 3.14. The second kappa shape index (κ2) is 9.83. The highest BCUT2D eigenvalue weighted by Gasteiger charge is 2.32. The smallest absolute Gasteiger partial charge is 0.227 e. The van der Waals surface area contributed by atoms with Gasteiger partial charge < -0.3 is 9.80 Å². The van der Waals surface area contributed by atoms with E-state index in [-0.39, 0.29) is 24.1 Å². The summed E-state index contributed by atoms with van der Waals surface area (Å²) in [4.78, 5) is 29.9. The monoisotopic (exact) mass is 478 g/mol. The standard InChI is InChI=1S/C29H34N2O2.ClH/c32-27(25-17-23-7-10-28(33)31-16-13-24(18-25)29(23)31)9-5-20-11-14-30(15-12-20)26-8-6-21-3-1-2-4-22(21)19-26;/h1-4,17-18,20,26H,5-16,19H2;1H. The van der Waals surface area contributed by atoms with Crippen molar-refractivity contribution >= 4 is 29.8 Å². The summed E-state index contributed by atoms with van der Waals surface area (Å²) < 4.78 is 0. The number of Topliss-reactive ketones (excluding diaryl/α,β-unsaturated/α-hetero) is 1. The molecule has 1 aliphatic carbocycles. The molecule has 1 saturated heterocycles. The van der Waals surface area contributed by atoms with Gasteiger partial charge in [0.1, 0.15) is 0 Å². The Balaban J connectivity index is 0.00000241. The molecule has 2 aromatic rings. The van der Waals surface area contributed by atoms with Crippen LogP contribution in [0.1, 0.15) is 71.1 Å². The Morgan fingerprint density at radius 2 is 1.59 bits per heavy atom. The molecule has 0 saturated carbocycles. The Bertz CT molecular complexity index is 1090. The quantitative estimate of drug-likeness (QED) is 0.556. The lowest BCUT2D eigenvalue weighted by Gasteiger charge is -2.39. The number of hydrogen-bond acceptors (Lipinski definition) is 3. The van der Waals surface area contributed by atoms with E-state index >= 15 is 0 Å². The van der Waals surface area contributed by atoms with Crippen molar-refractivity contribution in [1.29, 1.82) is 0 Å². The number of fused-ring (bicyclic) bond motifs is 1. The van der Waals surface area contributed by atoms with Crippen LogP contribution in [0.2, 0.25) is 0 Å². The summed E-state index contributed by atoms with van der Waals surface area (Å²) in [6.07, 6.45) is 10.0. The Morgan fingerprint density at radius 1 is 0.853 bits per heavy atom. The second-order valence-corrected chi connectivity index (χ2v) is 10.5. The maximum absolute atomic E-state index is 13.1. The summed E-state index contributed by atoms with van der Waals surface area (Å²) in [5, 5.41) is 0. The van der Waals surface area contributed by atoms with Gasteiger partial charge in [-0.05, 0) is 105 Å². The molecule has 180 valence electrons. The van der Waals surface area contributed by atoms with E-state index in [0.717, 1.165) is 37.1 Å². The molecule has 34 heavy (non-hydrogen) atoms. The average Bonchev–Trinajstić information content (AvgIpc) is 3.30. The number of halogens is 1. The molecule has 2 aromatic carbocycles. The van der Waals surface area contributed by atoms with Crippen LogP contribution in [0.5, 0.6) is 0 Å². The Hall–Kier alpha value is -2.17. The van der Waals surface area contributed by atoms with Gasteiger partial charge in [-0.2, -0.15) is 0 Å². The number of rotatable bonds is 5. The molecule has 3 aliphatic heterocycles. The number of benzene rings is 2. The number of piperidine rings is 1. The molecular weight excluding hydrogens is 444 g/mol. The lowest BCUT2D eigenvalue weighted by atomic mass is 9.84. The molecule has 3 heterocycles. The first-order chi connectivity index (χ1) is 16.2. The van der Waals surface area contributed by atoms with E-state index in [1.54, 1.807) is 11.1 Å². The van der Waals surface area contributed by atoms with E-state index in [1.807, 2.05) is 4.90 Å². The number of hydrogen-bond donors (Lipinski definition) is 0. The van der Waals surface area contributed by atoms with Gasteiger partial charge in [-0.15, -0.1) is 12.4 Å². The molecule has 4 nitrogen and oxygen atoms in total. The zero-order valence-electron chi connectivity index (χ0n) is 19.9. The first-order valence-electron chi connectivity index (χ1n) is 13.0. The van der Waals surface area contributed by atoms with Crippen molar-refractivity contribution in [3.8, 4) is 0 Å². The molecule has 1 amide bonds. The van der Waals surface area contributed by atoms with Gasteiger partial charge in [0, 0.05) is 31.0 Å². The molecule has 0 spiro atoms. The summed E-state index contributed by atoms with van der Waals surface area (Å²) in [5.41, 5.74) is 7.48. The molecule has 6 rings (SSSR count). The van der Waals surface area contributed by atoms with E-state index in [4.69, 9.17) is 0 Å². The minimum atomic E-state index is 0. The zero-order chi connectivity index (χ0) is 22.4. The van der Waals surface area contributed by atoms with Crippen molar-refractivity contribution in [3.63, 3.8) is 0 Å². The Morgan fingerprint density at radius 3 is 2.38 bits per heavy atom. The second-order valence-electron chi connectivity index (χ2n) is 10.5. The highest BCUT2D eigenvalue weighted by atomic mass is 35.5. The van der Waals surface area contributed by atoms with Crippen LogP contribution in [0.15, 0.2) is 36.4 Å². The maximum Gasteiger partial charge on any atom is 0.227 e. The first kappa shape index (κ1) is 23.6. The number of carbonyl (C=O) groups excluding carboxylic acids is 2. The van der Waals surface area contributed by atoms with Crippen LogP contribution in [-0.2, 0) is 30.5 Å². The van der Waals surface area contributed by atoms with Gasteiger partial charge in [0.2, 0.25) is 5.91 Å². The average molecular weight is 479 g/mol. The molecule has 5 heteroatoms. The maximum atomic E-state index is 13.1. The van der Waals surface area contributed by atoms with Gasteiger partial charge in [-0.1, -0.05) is 24.3 Å². The third-order valence-electron chi connectivity index (χ3n) is 8.64. The predicted molar refractivity (Wildman–Crippen MR) is 138 cm³/mol. The molecule has 4 aliphatic rings. The first-order valence-corrected chi connectivity index (χ1v) is 13.0. The fourth-order valence-corrected chi connectivity index (χ4v) is 6.70. The van der Waals surface area contributed by atoms with E-state index in [1.165, 1.54) is 56.3 Å². The lowest BCUT2D eigenvalue weighted by molar-refractivity contribution is -0.118. The third kappa shape index (κ3) is 4.43. The predicted octanol–water partition coefficient (Wildman–Crippen LogP) is 5.18. The van der Waals surface area contributed by atoms with Crippen LogP contribution in [0.3, 0.4) is 0 Å². The molecule has 1 fully saturated rings. The van der Waals surface area contributed by atoms with Gasteiger partial charge in [0.05, 0.1) is 5.69 Å². The summed E-state index contributed by atoms with van der Waals surface area (Å²) >= 11 is 0. The van der Waals surface area contributed by atoms with Crippen molar-refractivity contribution in [2.75, 3.05) is 24.5 Å². The highest BCUT2D eigenvalue weighted by molar-refractivity contribution is 6.02. The number of anilines is 1. The van der Waals surface area contributed by atoms with Crippen LogP contribution in [0.25, 0.3) is 0 Å². The van der Waals surface area contributed by atoms with E-state index in [2.05, 4.69) is 41.3 Å². The Kier molecular flexibility index (Phi) is 6.81. The number of nitrogens with zero attached hydrogens (tertiary/aromatic N) is 2. The Labute approximate surface area is 209 Å². The fraction of sp³-hybridized carbons (Fsp3) is 0.517. The number of aryl methyl sites for hydroxylation is 2. The molecule has 0 aromatic heterocycles.